The molecule has 130 valence electrons. The SMILES string of the molecule is O=C(C1CCOc2ccccc2C1)N1CCc2nc[nH]c(=O)c2CC1. The molecule has 2 aliphatic rings. The fourth-order valence-electron chi connectivity index (χ4n) is 3.72. The summed E-state index contributed by atoms with van der Waals surface area (Å²) in [6, 6.07) is 7.93. The van der Waals surface area contributed by atoms with E-state index in [9.17, 15) is 9.59 Å². The average molecular weight is 339 g/mol. The monoisotopic (exact) mass is 339 g/mol. The molecule has 0 radical (unpaired) electrons. The number of nitrogens with one attached hydrogen (secondary N) is 1. The number of nitrogens with zero attached hydrogens (tertiary/aromatic N) is 2. The second-order valence-electron chi connectivity index (χ2n) is 6.63. The summed E-state index contributed by atoms with van der Waals surface area (Å²) in [6.45, 7) is 1.74. The van der Waals surface area contributed by atoms with E-state index in [4.69, 9.17) is 4.74 Å². The molecule has 0 bridgehead atoms. The first-order valence-electron chi connectivity index (χ1n) is 8.77. The van der Waals surface area contributed by atoms with Crippen LogP contribution in [-0.4, -0.2) is 40.5 Å². The summed E-state index contributed by atoms with van der Waals surface area (Å²) in [7, 11) is 0. The molecule has 1 atom stereocenters. The zero-order chi connectivity index (χ0) is 17.2. The van der Waals surface area contributed by atoms with Crippen LogP contribution in [-0.2, 0) is 24.1 Å². The number of para-hydroxylation sites is 1. The number of hydrogen-bond donors (Lipinski definition) is 1. The maximum atomic E-state index is 13.1. The first kappa shape index (κ1) is 15.9. The first-order chi connectivity index (χ1) is 12.2. The third-order valence-electron chi connectivity index (χ3n) is 5.11. The Hall–Kier alpha value is -2.63. The highest BCUT2D eigenvalue weighted by atomic mass is 16.5. The Morgan fingerprint density at radius 2 is 2.08 bits per heavy atom. The number of aromatic nitrogens is 2. The summed E-state index contributed by atoms with van der Waals surface area (Å²) >= 11 is 0. The smallest absolute Gasteiger partial charge is 0.254 e. The molecule has 3 heterocycles. The number of fused-ring (bicyclic) bond motifs is 2. The zero-order valence-electron chi connectivity index (χ0n) is 14.0. The van der Waals surface area contributed by atoms with Gasteiger partial charge in [0, 0.05) is 31.0 Å². The molecule has 25 heavy (non-hydrogen) atoms. The molecule has 2 aromatic rings. The Morgan fingerprint density at radius 1 is 1.24 bits per heavy atom. The molecule has 1 N–H and O–H groups in total. The van der Waals surface area contributed by atoms with Crippen LogP contribution in [0.2, 0.25) is 0 Å². The van der Waals surface area contributed by atoms with Crippen LogP contribution in [0, 0.1) is 5.92 Å². The quantitative estimate of drug-likeness (QED) is 0.851. The molecule has 0 aliphatic carbocycles. The van der Waals surface area contributed by atoms with Gasteiger partial charge in [-0.1, -0.05) is 18.2 Å². The van der Waals surface area contributed by atoms with Crippen molar-refractivity contribution in [3.63, 3.8) is 0 Å². The minimum atomic E-state index is -0.0870. The summed E-state index contributed by atoms with van der Waals surface area (Å²) in [5.74, 6) is 0.970. The van der Waals surface area contributed by atoms with E-state index in [1.165, 1.54) is 6.33 Å². The van der Waals surface area contributed by atoms with Gasteiger partial charge in [0.15, 0.2) is 0 Å². The molecular weight excluding hydrogens is 318 g/mol. The maximum absolute atomic E-state index is 13.1. The van der Waals surface area contributed by atoms with E-state index in [1.54, 1.807) is 0 Å². The van der Waals surface area contributed by atoms with E-state index >= 15 is 0 Å². The Labute approximate surface area is 145 Å². The summed E-state index contributed by atoms with van der Waals surface area (Å²) in [4.78, 5) is 33.8. The van der Waals surface area contributed by atoms with Crippen LogP contribution in [0.5, 0.6) is 5.75 Å². The molecule has 4 rings (SSSR count). The van der Waals surface area contributed by atoms with Crippen molar-refractivity contribution in [3.8, 4) is 5.75 Å². The van der Waals surface area contributed by atoms with E-state index in [2.05, 4.69) is 9.97 Å². The summed E-state index contributed by atoms with van der Waals surface area (Å²) in [6.07, 6.45) is 4.06. The van der Waals surface area contributed by atoms with Gasteiger partial charge >= 0.3 is 0 Å². The molecule has 6 heteroatoms. The fourth-order valence-corrected chi connectivity index (χ4v) is 3.72. The Kier molecular flexibility index (Phi) is 4.26. The van der Waals surface area contributed by atoms with Crippen LogP contribution in [0.25, 0.3) is 0 Å². The molecule has 0 saturated heterocycles. The maximum Gasteiger partial charge on any atom is 0.254 e. The summed E-state index contributed by atoms with van der Waals surface area (Å²) in [5.41, 5.74) is 2.53. The van der Waals surface area contributed by atoms with Crippen molar-refractivity contribution in [1.29, 1.82) is 0 Å². The molecule has 0 spiro atoms. The van der Waals surface area contributed by atoms with Crippen molar-refractivity contribution in [3.05, 3.63) is 57.8 Å². The molecule has 1 unspecified atom stereocenters. The van der Waals surface area contributed by atoms with Gasteiger partial charge in [-0.2, -0.15) is 0 Å². The van der Waals surface area contributed by atoms with E-state index < -0.39 is 0 Å². The van der Waals surface area contributed by atoms with Gasteiger partial charge in [0.1, 0.15) is 5.75 Å². The largest absolute Gasteiger partial charge is 0.493 e. The zero-order valence-corrected chi connectivity index (χ0v) is 14.0. The van der Waals surface area contributed by atoms with Gasteiger partial charge in [0.05, 0.1) is 18.6 Å². The van der Waals surface area contributed by atoms with Gasteiger partial charge in [-0.25, -0.2) is 4.98 Å². The molecule has 0 fully saturated rings. The third kappa shape index (κ3) is 3.16. The number of rotatable bonds is 1. The minimum absolute atomic E-state index is 0.0731. The lowest BCUT2D eigenvalue weighted by molar-refractivity contribution is -0.135. The predicted molar refractivity (Wildman–Crippen MR) is 92.6 cm³/mol. The van der Waals surface area contributed by atoms with Crippen molar-refractivity contribution < 1.29 is 9.53 Å². The van der Waals surface area contributed by atoms with Crippen LogP contribution in [0.15, 0.2) is 35.4 Å². The number of carbonyl (C=O) groups excluding carboxylic acids is 1. The van der Waals surface area contributed by atoms with Crippen molar-refractivity contribution in [1.82, 2.24) is 14.9 Å². The van der Waals surface area contributed by atoms with E-state index in [1.807, 2.05) is 29.2 Å². The van der Waals surface area contributed by atoms with Gasteiger partial charge in [0.25, 0.3) is 5.56 Å². The third-order valence-corrected chi connectivity index (χ3v) is 5.11. The molecule has 1 aromatic heterocycles. The molecular formula is C19H21N3O3. The Bertz CT molecular complexity index is 846. The molecule has 0 saturated carbocycles. The number of carbonyl (C=O) groups is 1. The number of H-pyrrole nitrogens is 1. The van der Waals surface area contributed by atoms with E-state index in [0.717, 1.165) is 23.4 Å². The van der Waals surface area contributed by atoms with E-state index in [-0.39, 0.29) is 17.4 Å². The highest BCUT2D eigenvalue weighted by molar-refractivity contribution is 5.79. The van der Waals surface area contributed by atoms with Crippen LogP contribution in [0.3, 0.4) is 0 Å². The standard InChI is InChI=1S/C19H21N3O3/c23-18-15-5-8-22(9-6-16(15)20-12-21-18)19(24)14-7-10-25-17-4-2-1-3-13(17)11-14/h1-4,12,14H,5-11H2,(H,20,21,23). The van der Waals surface area contributed by atoms with Gasteiger partial charge in [0.2, 0.25) is 5.91 Å². The van der Waals surface area contributed by atoms with Crippen molar-refractivity contribution >= 4 is 5.91 Å². The van der Waals surface area contributed by atoms with Crippen LogP contribution < -0.4 is 10.3 Å². The second kappa shape index (κ2) is 6.70. The normalized spacial score (nSPS) is 19.8. The van der Waals surface area contributed by atoms with Gasteiger partial charge in [-0.3, -0.25) is 9.59 Å². The Morgan fingerprint density at radius 3 is 3.00 bits per heavy atom. The fraction of sp³-hybridized carbons (Fsp3) is 0.421. The first-order valence-corrected chi connectivity index (χ1v) is 8.77. The highest BCUT2D eigenvalue weighted by Crippen LogP contribution is 2.28. The number of hydrogen-bond acceptors (Lipinski definition) is 4. The minimum Gasteiger partial charge on any atom is -0.493 e. The summed E-state index contributed by atoms with van der Waals surface area (Å²) < 4.78 is 5.78. The summed E-state index contributed by atoms with van der Waals surface area (Å²) in [5, 5.41) is 0. The number of aromatic amines is 1. The van der Waals surface area contributed by atoms with Gasteiger partial charge in [-0.05, 0) is 30.9 Å². The molecule has 1 aromatic carbocycles. The molecule has 2 aliphatic heterocycles. The van der Waals surface area contributed by atoms with Crippen LogP contribution in [0.4, 0.5) is 0 Å². The number of amides is 1. The van der Waals surface area contributed by atoms with Crippen LogP contribution >= 0.6 is 0 Å². The average Bonchev–Trinajstić information content (AvgIpc) is 2.98. The van der Waals surface area contributed by atoms with Crippen LogP contribution in [0.1, 0.15) is 23.2 Å². The van der Waals surface area contributed by atoms with E-state index in [0.29, 0.717) is 44.5 Å². The Balaban J connectivity index is 1.50. The number of benzene rings is 1. The molecule has 1 amide bonds. The van der Waals surface area contributed by atoms with Crippen molar-refractivity contribution in [2.75, 3.05) is 19.7 Å². The lowest BCUT2D eigenvalue weighted by atomic mass is 9.95. The topological polar surface area (TPSA) is 75.3 Å². The number of ether oxygens (including phenoxy) is 1. The van der Waals surface area contributed by atoms with Gasteiger partial charge < -0.3 is 14.6 Å². The lowest BCUT2D eigenvalue weighted by Gasteiger charge is -2.25. The van der Waals surface area contributed by atoms with Gasteiger partial charge in [-0.15, -0.1) is 0 Å². The lowest BCUT2D eigenvalue weighted by Crippen LogP contribution is -2.39. The highest BCUT2D eigenvalue weighted by Gasteiger charge is 2.29. The van der Waals surface area contributed by atoms with Crippen molar-refractivity contribution in [2.45, 2.75) is 25.7 Å². The second-order valence-corrected chi connectivity index (χ2v) is 6.63. The van der Waals surface area contributed by atoms with Crippen molar-refractivity contribution in [2.24, 2.45) is 5.92 Å². The molecule has 6 nitrogen and oxygen atoms in total. The predicted octanol–water partition coefficient (Wildman–Crippen LogP) is 1.34.